The molecule has 0 bridgehead atoms. The summed E-state index contributed by atoms with van der Waals surface area (Å²) in [6.45, 7) is 7.93. The standard InChI is InChI=1S/C35H41N5O6/c1-5-44-32(41)28(38-33(42)46-35(2,3)4)22-24-16-18-26(19-17-24)40-30-27(14-11-20-36-30)37-31(40)29-15-9-10-21-39(29)34(43)45-23-25-12-7-6-8-13-25/h6-8,11-14,16-20,28-29H,5,9-10,15,21-23H2,1-4H3,(H,38,42)/t28-,29-/m0/s1. The summed E-state index contributed by atoms with van der Waals surface area (Å²) in [5.41, 5.74) is 3.21. The van der Waals surface area contributed by atoms with Crippen LogP contribution in [-0.4, -0.2) is 62.4 Å². The molecule has 3 heterocycles. The van der Waals surface area contributed by atoms with Crippen molar-refractivity contribution in [2.45, 2.75) is 77.7 Å². The average Bonchev–Trinajstić information content (AvgIpc) is 3.43. The molecule has 0 saturated carbocycles. The molecule has 2 amide bonds. The van der Waals surface area contributed by atoms with Crippen molar-refractivity contribution >= 4 is 29.3 Å². The van der Waals surface area contributed by atoms with Gasteiger partial charge in [0.05, 0.1) is 12.6 Å². The highest BCUT2D eigenvalue weighted by atomic mass is 16.6. The first kappa shape index (κ1) is 32.5. The molecular weight excluding hydrogens is 586 g/mol. The van der Waals surface area contributed by atoms with Crippen LogP contribution in [0, 0.1) is 0 Å². The number of pyridine rings is 1. The minimum atomic E-state index is -0.926. The summed E-state index contributed by atoms with van der Waals surface area (Å²) in [7, 11) is 0. The third-order valence-corrected chi connectivity index (χ3v) is 7.58. The van der Waals surface area contributed by atoms with Crippen molar-refractivity contribution in [2.24, 2.45) is 0 Å². The van der Waals surface area contributed by atoms with E-state index in [1.807, 2.05) is 71.3 Å². The number of aromatic nitrogens is 3. The molecule has 242 valence electrons. The number of imidazole rings is 1. The molecule has 1 fully saturated rings. The lowest BCUT2D eigenvalue weighted by atomic mass is 10.0. The van der Waals surface area contributed by atoms with Crippen LogP contribution in [0.25, 0.3) is 16.9 Å². The first-order valence-electron chi connectivity index (χ1n) is 15.7. The number of hydrogen-bond acceptors (Lipinski definition) is 8. The van der Waals surface area contributed by atoms with E-state index >= 15 is 0 Å². The maximum absolute atomic E-state index is 13.4. The molecule has 1 N–H and O–H groups in total. The lowest BCUT2D eigenvalue weighted by Crippen LogP contribution is -2.45. The van der Waals surface area contributed by atoms with E-state index in [-0.39, 0.29) is 31.8 Å². The van der Waals surface area contributed by atoms with E-state index in [1.54, 1.807) is 38.8 Å². The van der Waals surface area contributed by atoms with Gasteiger partial charge in [0.1, 0.15) is 29.6 Å². The minimum absolute atomic E-state index is 0.186. The molecule has 1 saturated heterocycles. The number of ether oxygens (including phenoxy) is 3. The number of piperidine rings is 1. The lowest BCUT2D eigenvalue weighted by molar-refractivity contribution is -0.145. The second-order valence-corrected chi connectivity index (χ2v) is 12.2. The van der Waals surface area contributed by atoms with Crippen molar-refractivity contribution in [2.75, 3.05) is 13.2 Å². The first-order valence-corrected chi connectivity index (χ1v) is 15.7. The first-order chi connectivity index (χ1) is 22.1. The van der Waals surface area contributed by atoms with Gasteiger partial charge in [-0.15, -0.1) is 0 Å². The van der Waals surface area contributed by atoms with Crippen molar-refractivity contribution in [1.29, 1.82) is 0 Å². The van der Waals surface area contributed by atoms with Crippen LogP contribution in [0.4, 0.5) is 9.59 Å². The van der Waals surface area contributed by atoms with Crippen molar-refractivity contribution in [3.05, 3.63) is 89.9 Å². The Labute approximate surface area is 268 Å². The molecule has 0 radical (unpaired) electrons. The van der Waals surface area contributed by atoms with Crippen LogP contribution >= 0.6 is 0 Å². The molecule has 4 aromatic rings. The van der Waals surface area contributed by atoms with E-state index in [1.165, 1.54) is 0 Å². The minimum Gasteiger partial charge on any atom is -0.464 e. The van der Waals surface area contributed by atoms with Crippen molar-refractivity contribution in [3.63, 3.8) is 0 Å². The Kier molecular flexibility index (Phi) is 10.2. The molecule has 2 aromatic carbocycles. The van der Waals surface area contributed by atoms with Crippen molar-refractivity contribution < 1.29 is 28.6 Å². The zero-order chi connectivity index (χ0) is 32.7. The van der Waals surface area contributed by atoms with E-state index in [0.29, 0.717) is 23.5 Å². The third kappa shape index (κ3) is 8.01. The van der Waals surface area contributed by atoms with E-state index in [2.05, 4.69) is 10.3 Å². The third-order valence-electron chi connectivity index (χ3n) is 7.58. The molecule has 0 aliphatic carbocycles. The summed E-state index contributed by atoms with van der Waals surface area (Å²) in [5.74, 6) is 0.162. The van der Waals surface area contributed by atoms with Crippen LogP contribution in [0.2, 0.25) is 0 Å². The molecule has 0 unspecified atom stereocenters. The van der Waals surface area contributed by atoms with E-state index in [4.69, 9.17) is 19.2 Å². The number of fused-ring (bicyclic) bond motifs is 1. The molecular formula is C35H41N5O6. The van der Waals surface area contributed by atoms with Crippen LogP contribution in [0.1, 0.15) is 70.0 Å². The van der Waals surface area contributed by atoms with Crippen LogP contribution in [-0.2, 0) is 32.0 Å². The van der Waals surface area contributed by atoms with Gasteiger partial charge in [0.2, 0.25) is 0 Å². The van der Waals surface area contributed by atoms with Crippen molar-refractivity contribution in [1.82, 2.24) is 24.8 Å². The predicted octanol–water partition coefficient (Wildman–Crippen LogP) is 6.28. The Morgan fingerprint density at radius 1 is 0.957 bits per heavy atom. The largest absolute Gasteiger partial charge is 0.464 e. The van der Waals surface area contributed by atoms with Crippen LogP contribution in [0.15, 0.2) is 72.9 Å². The van der Waals surface area contributed by atoms with E-state index < -0.39 is 23.7 Å². The maximum atomic E-state index is 13.4. The number of carbonyl (C=O) groups excluding carboxylic acids is 3. The van der Waals surface area contributed by atoms with E-state index in [9.17, 15) is 14.4 Å². The zero-order valence-electron chi connectivity index (χ0n) is 26.8. The number of carbonyl (C=O) groups is 3. The normalized spacial score (nSPS) is 15.7. The number of amides is 2. The highest BCUT2D eigenvalue weighted by Crippen LogP contribution is 2.34. The maximum Gasteiger partial charge on any atom is 0.410 e. The van der Waals surface area contributed by atoms with Gasteiger partial charge < -0.3 is 19.5 Å². The number of nitrogens with one attached hydrogen (secondary N) is 1. The van der Waals surface area contributed by atoms with Gasteiger partial charge in [-0.1, -0.05) is 42.5 Å². The summed E-state index contributed by atoms with van der Waals surface area (Å²) in [6, 6.07) is 19.8. The number of rotatable bonds is 9. The van der Waals surface area contributed by atoms with Gasteiger partial charge in [0, 0.05) is 24.8 Å². The number of esters is 1. The zero-order valence-corrected chi connectivity index (χ0v) is 26.8. The summed E-state index contributed by atoms with van der Waals surface area (Å²) in [5, 5.41) is 2.65. The smallest absolute Gasteiger partial charge is 0.410 e. The van der Waals surface area contributed by atoms with Crippen LogP contribution in [0.3, 0.4) is 0 Å². The molecule has 2 atom stereocenters. The monoisotopic (exact) mass is 627 g/mol. The molecule has 5 rings (SSSR count). The Morgan fingerprint density at radius 2 is 1.72 bits per heavy atom. The number of benzene rings is 2. The van der Waals surface area contributed by atoms with Gasteiger partial charge in [-0.05, 0) is 82.3 Å². The fourth-order valence-electron chi connectivity index (χ4n) is 5.53. The van der Waals surface area contributed by atoms with Crippen molar-refractivity contribution in [3.8, 4) is 5.69 Å². The molecule has 0 spiro atoms. The number of alkyl carbamates (subject to hydrolysis) is 1. The quantitative estimate of drug-likeness (QED) is 0.170. The van der Waals surface area contributed by atoms with Gasteiger partial charge in [-0.2, -0.15) is 0 Å². The summed E-state index contributed by atoms with van der Waals surface area (Å²) in [4.78, 5) is 50.0. The lowest BCUT2D eigenvalue weighted by Gasteiger charge is -2.34. The molecule has 1 aliphatic heterocycles. The average molecular weight is 628 g/mol. The molecule has 1 aliphatic rings. The van der Waals surface area contributed by atoms with Gasteiger partial charge in [0.25, 0.3) is 0 Å². The molecule has 46 heavy (non-hydrogen) atoms. The molecule has 11 nitrogen and oxygen atoms in total. The Morgan fingerprint density at radius 3 is 2.43 bits per heavy atom. The summed E-state index contributed by atoms with van der Waals surface area (Å²) >= 11 is 0. The second kappa shape index (κ2) is 14.4. The molecule has 2 aromatic heterocycles. The Bertz CT molecular complexity index is 1650. The van der Waals surface area contributed by atoms with Gasteiger partial charge in [-0.3, -0.25) is 9.47 Å². The number of likely N-dealkylation sites (tertiary alicyclic amines) is 1. The van der Waals surface area contributed by atoms with Crippen LogP contribution < -0.4 is 5.32 Å². The topological polar surface area (TPSA) is 125 Å². The Hall–Kier alpha value is -4.93. The number of hydrogen-bond donors (Lipinski definition) is 1. The van der Waals surface area contributed by atoms with E-state index in [0.717, 1.165) is 36.1 Å². The SMILES string of the molecule is CCOC(=O)[C@H](Cc1ccc(-n2c([C@@H]3CCCCN3C(=O)OCc3ccccc3)nc3cccnc32)cc1)NC(=O)OC(C)(C)C. The summed E-state index contributed by atoms with van der Waals surface area (Å²) < 4.78 is 18.3. The highest BCUT2D eigenvalue weighted by Gasteiger charge is 2.34. The van der Waals surface area contributed by atoms with Gasteiger partial charge in [-0.25, -0.2) is 24.4 Å². The Balaban J connectivity index is 1.41. The molecule has 11 heteroatoms. The second-order valence-electron chi connectivity index (χ2n) is 12.2. The fraction of sp³-hybridized carbons (Fsp3) is 0.400. The number of nitrogens with zero attached hydrogens (tertiary/aromatic N) is 4. The fourth-order valence-corrected chi connectivity index (χ4v) is 5.53. The van der Waals surface area contributed by atoms with Gasteiger partial charge in [0.15, 0.2) is 5.65 Å². The summed E-state index contributed by atoms with van der Waals surface area (Å²) in [6.07, 6.45) is 3.42. The predicted molar refractivity (Wildman–Crippen MR) is 172 cm³/mol. The highest BCUT2D eigenvalue weighted by molar-refractivity contribution is 5.82. The van der Waals surface area contributed by atoms with Crippen LogP contribution in [0.5, 0.6) is 0 Å². The van der Waals surface area contributed by atoms with Gasteiger partial charge >= 0.3 is 18.2 Å².